The molecule has 1 aromatic carbocycles. The minimum Gasteiger partial charge on any atom is -0.337 e. The molecule has 164 valence electrons. The molecular formula is C21H24Cl2F3N3O. The third-order valence-electron chi connectivity index (χ3n) is 6.01. The van der Waals surface area contributed by atoms with Gasteiger partial charge in [-0.25, -0.2) is 0 Å². The number of hydrogen-bond acceptors (Lipinski definition) is 3. The van der Waals surface area contributed by atoms with Gasteiger partial charge in [0.15, 0.2) is 0 Å². The minimum absolute atomic E-state index is 0. The number of pyridine rings is 1. The van der Waals surface area contributed by atoms with Crippen LogP contribution in [0.15, 0.2) is 42.7 Å². The smallest absolute Gasteiger partial charge is 0.337 e. The number of amides is 1. The largest absolute Gasteiger partial charge is 0.416 e. The maximum absolute atomic E-state index is 13.6. The standard InChI is InChI=1S/C21H22F3N3O.2ClH/c22-21(23,24)16-4-3-14-6-9-27(13-15(14)10-16)19(28)20(7-5-18(25)11-20)17-2-1-8-26-12-17;;/h1-4,8,10,12,18H,5-7,9,11,13,25H2;2*1H. The first kappa shape index (κ1) is 24.4. The summed E-state index contributed by atoms with van der Waals surface area (Å²) in [5, 5.41) is 0. The van der Waals surface area contributed by atoms with E-state index in [1.807, 2.05) is 6.07 Å². The van der Waals surface area contributed by atoms with Crippen molar-refractivity contribution in [1.82, 2.24) is 9.88 Å². The number of alkyl halides is 3. The van der Waals surface area contributed by atoms with Crippen LogP contribution in [0.4, 0.5) is 13.2 Å². The minimum atomic E-state index is -4.39. The van der Waals surface area contributed by atoms with E-state index in [2.05, 4.69) is 4.98 Å². The van der Waals surface area contributed by atoms with Crippen LogP contribution in [0.3, 0.4) is 0 Å². The van der Waals surface area contributed by atoms with Gasteiger partial charge in [0.25, 0.3) is 0 Å². The highest BCUT2D eigenvalue weighted by molar-refractivity contribution is 5.89. The number of fused-ring (bicyclic) bond motifs is 1. The third-order valence-corrected chi connectivity index (χ3v) is 6.01. The third kappa shape index (κ3) is 4.43. The predicted octanol–water partition coefficient (Wildman–Crippen LogP) is 4.28. The van der Waals surface area contributed by atoms with Crippen molar-refractivity contribution in [2.45, 2.75) is 49.9 Å². The van der Waals surface area contributed by atoms with Gasteiger partial charge in [0, 0.05) is 31.5 Å². The average molecular weight is 462 g/mol. The fourth-order valence-corrected chi connectivity index (χ4v) is 4.52. The van der Waals surface area contributed by atoms with E-state index in [-0.39, 0.29) is 43.3 Å². The van der Waals surface area contributed by atoms with Gasteiger partial charge in [-0.05, 0) is 60.6 Å². The Balaban J connectivity index is 0.00000160. The summed E-state index contributed by atoms with van der Waals surface area (Å²) in [5.74, 6) is -0.0588. The van der Waals surface area contributed by atoms with Crippen LogP contribution in [-0.4, -0.2) is 28.4 Å². The Morgan fingerprint density at radius 2 is 1.97 bits per heavy atom. The summed E-state index contributed by atoms with van der Waals surface area (Å²) in [7, 11) is 0. The van der Waals surface area contributed by atoms with Crippen LogP contribution in [0.5, 0.6) is 0 Å². The van der Waals surface area contributed by atoms with Crippen LogP contribution in [0.2, 0.25) is 0 Å². The molecule has 0 spiro atoms. The fourth-order valence-electron chi connectivity index (χ4n) is 4.52. The highest BCUT2D eigenvalue weighted by atomic mass is 35.5. The zero-order valence-electron chi connectivity index (χ0n) is 16.2. The lowest BCUT2D eigenvalue weighted by molar-refractivity contribution is -0.138. The number of carbonyl (C=O) groups is 1. The van der Waals surface area contributed by atoms with E-state index < -0.39 is 17.2 Å². The molecule has 2 atom stereocenters. The van der Waals surface area contributed by atoms with E-state index in [1.165, 1.54) is 12.1 Å². The van der Waals surface area contributed by atoms with Gasteiger partial charge in [-0.2, -0.15) is 13.2 Å². The monoisotopic (exact) mass is 461 g/mol. The Morgan fingerprint density at radius 1 is 1.20 bits per heavy atom. The molecule has 30 heavy (non-hydrogen) atoms. The molecule has 9 heteroatoms. The molecule has 1 fully saturated rings. The van der Waals surface area contributed by atoms with Crippen molar-refractivity contribution in [2.24, 2.45) is 5.73 Å². The number of aromatic nitrogens is 1. The fraction of sp³-hybridized carbons (Fsp3) is 0.429. The normalized spacial score (nSPS) is 23.2. The molecule has 1 aliphatic carbocycles. The van der Waals surface area contributed by atoms with Crippen LogP contribution in [0, 0.1) is 0 Å². The topological polar surface area (TPSA) is 59.2 Å². The lowest BCUT2D eigenvalue weighted by Gasteiger charge is -2.37. The number of rotatable bonds is 2. The first-order valence-electron chi connectivity index (χ1n) is 9.44. The molecule has 1 aliphatic heterocycles. The van der Waals surface area contributed by atoms with E-state index >= 15 is 0 Å². The van der Waals surface area contributed by atoms with Crippen LogP contribution in [-0.2, 0) is 29.4 Å². The molecule has 2 heterocycles. The van der Waals surface area contributed by atoms with Crippen molar-refractivity contribution < 1.29 is 18.0 Å². The molecule has 2 aromatic rings. The maximum Gasteiger partial charge on any atom is 0.416 e. The van der Waals surface area contributed by atoms with Crippen molar-refractivity contribution >= 4 is 30.7 Å². The number of hydrogen-bond donors (Lipinski definition) is 1. The van der Waals surface area contributed by atoms with E-state index in [4.69, 9.17) is 5.73 Å². The van der Waals surface area contributed by atoms with E-state index in [1.54, 1.807) is 23.4 Å². The Labute approximate surface area is 185 Å². The lowest BCUT2D eigenvalue weighted by atomic mass is 9.77. The van der Waals surface area contributed by atoms with Crippen LogP contribution >= 0.6 is 24.8 Å². The first-order chi connectivity index (χ1) is 13.3. The number of benzene rings is 1. The van der Waals surface area contributed by atoms with Gasteiger partial charge in [0.2, 0.25) is 5.91 Å². The van der Waals surface area contributed by atoms with Gasteiger partial charge < -0.3 is 10.6 Å². The van der Waals surface area contributed by atoms with E-state index in [0.717, 1.165) is 23.6 Å². The quantitative estimate of drug-likeness (QED) is 0.725. The van der Waals surface area contributed by atoms with Crippen molar-refractivity contribution in [3.8, 4) is 0 Å². The Kier molecular flexibility index (Phi) is 7.43. The molecule has 1 saturated carbocycles. The Hall–Kier alpha value is -1.83. The van der Waals surface area contributed by atoms with Gasteiger partial charge >= 0.3 is 6.18 Å². The predicted molar refractivity (Wildman–Crippen MR) is 113 cm³/mol. The number of nitrogens with zero attached hydrogens (tertiary/aromatic N) is 2. The van der Waals surface area contributed by atoms with Crippen molar-refractivity contribution in [1.29, 1.82) is 0 Å². The molecule has 1 amide bonds. The van der Waals surface area contributed by atoms with Crippen molar-refractivity contribution in [3.63, 3.8) is 0 Å². The van der Waals surface area contributed by atoms with Gasteiger partial charge in [-0.3, -0.25) is 9.78 Å². The SMILES string of the molecule is Cl.Cl.NC1CCC(C(=O)N2CCc3ccc(C(F)(F)F)cc3C2)(c2cccnc2)C1. The molecule has 0 saturated heterocycles. The molecule has 4 rings (SSSR count). The van der Waals surface area contributed by atoms with E-state index in [9.17, 15) is 18.0 Å². The first-order valence-corrected chi connectivity index (χ1v) is 9.44. The summed E-state index contributed by atoms with van der Waals surface area (Å²) >= 11 is 0. The van der Waals surface area contributed by atoms with Crippen molar-refractivity contribution in [2.75, 3.05) is 6.54 Å². The molecule has 0 bridgehead atoms. The van der Waals surface area contributed by atoms with Crippen molar-refractivity contribution in [3.05, 3.63) is 65.0 Å². The Morgan fingerprint density at radius 3 is 2.57 bits per heavy atom. The summed E-state index contributed by atoms with van der Waals surface area (Å²) in [4.78, 5) is 19.4. The zero-order valence-corrected chi connectivity index (χ0v) is 17.8. The number of halogens is 5. The molecule has 1 aromatic heterocycles. The molecular weight excluding hydrogens is 438 g/mol. The molecule has 4 nitrogen and oxygen atoms in total. The van der Waals surface area contributed by atoms with Gasteiger partial charge in [-0.1, -0.05) is 12.1 Å². The average Bonchev–Trinajstić information content (AvgIpc) is 3.09. The summed E-state index contributed by atoms with van der Waals surface area (Å²) in [6, 6.07) is 7.44. The second kappa shape index (κ2) is 9.12. The van der Waals surface area contributed by atoms with Gasteiger partial charge in [0.1, 0.15) is 0 Å². The summed E-state index contributed by atoms with van der Waals surface area (Å²) in [6.45, 7) is 0.684. The molecule has 2 aliphatic rings. The lowest BCUT2D eigenvalue weighted by Crippen LogP contribution is -2.48. The second-order valence-electron chi connectivity index (χ2n) is 7.78. The van der Waals surface area contributed by atoms with Crippen LogP contribution in [0.1, 0.15) is 41.5 Å². The molecule has 2 N–H and O–H groups in total. The zero-order chi connectivity index (χ0) is 19.9. The summed E-state index contributed by atoms with van der Waals surface area (Å²) < 4.78 is 39.2. The number of nitrogens with two attached hydrogens (primary N) is 1. The maximum atomic E-state index is 13.6. The summed E-state index contributed by atoms with van der Waals surface area (Å²) in [6.07, 6.45) is 1.42. The van der Waals surface area contributed by atoms with Crippen LogP contribution < -0.4 is 5.73 Å². The van der Waals surface area contributed by atoms with Gasteiger partial charge in [0.05, 0.1) is 11.0 Å². The highest BCUT2D eigenvalue weighted by Crippen LogP contribution is 2.43. The van der Waals surface area contributed by atoms with E-state index in [0.29, 0.717) is 31.4 Å². The van der Waals surface area contributed by atoms with Crippen LogP contribution in [0.25, 0.3) is 0 Å². The molecule has 2 unspecified atom stereocenters. The Bertz CT molecular complexity index is 895. The second-order valence-corrected chi connectivity index (χ2v) is 7.78. The van der Waals surface area contributed by atoms with Gasteiger partial charge in [-0.15, -0.1) is 24.8 Å². The number of carbonyl (C=O) groups excluding carboxylic acids is 1. The summed E-state index contributed by atoms with van der Waals surface area (Å²) in [5.41, 5.74) is 7.00. The highest BCUT2D eigenvalue weighted by Gasteiger charge is 2.48. The molecule has 0 radical (unpaired) electrons.